The van der Waals surface area contributed by atoms with Crippen molar-refractivity contribution < 1.29 is 9.90 Å². The van der Waals surface area contributed by atoms with Crippen LogP contribution in [0.4, 0.5) is 0 Å². The van der Waals surface area contributed by atoms with Crippen LogP contribution in [0.25, 0.3) is 0 Å². The minimum absolute atomic E-state index is 0.169. The second-order valence-electron chi connectivity index (χ2n) is 5.58. The maximum atomic E-state index is 12.3. The summed E-state index contributed by atoms with van der Waals surface area (Å²) in [5.74, 6) is -0.132. The van der Waals surface area contributed by atoms with Crippen molar-refractivity contribution in [3.8, 4) is 5.75 Å². The monoisotopic (exact) mass is 322 g/mol. The van der Waals surface area contributed by atoms with Crippen molar-refractivity contribution in [3.63, 3.8) is 0 Å². The fourth-order valence-corrected chi connectivity index (χ4v) is 2.40. The summed E-state index contributed by atoms with van der Waals surface area (Å²) in [6.07, 6.45) is 1.62. The molecule has 0 spiro atoms. The predicted molar refractivity (Wildman–Crippen MR) is 89.6 cm³/mol. The standard InChI is InChI=1S/C18H18N4O2/c1-13(15-8-5-9-16(23)10-15)19-18(24)17-12-22(21-20-17)11-14-6-3-2-4-7-14/h2-10,12-13,23H,11H2,1H3,(H,19,24)/t13-/m1/s1. The molecule has 0 saturated heterocycles. The Morgan fingerprint density at radius 3 is 2.75 bits per heavy atom. The third-order valence-corrected chi connectivity index (χ3v) is 3.68. The summed E-state index contributed by atoms with van der Waals surface area (Å²) in [4.78, 5) is 12.3. The van der Waals surface area contributed by atoms with Crippen LogP contribution in [0.1, 0.15) is 34.6 Å². The number of amides is 1. The zero-order valence-corrected chi connectivity index (χ0v) is 13.3. The third-order valence-electron chi connectivity index (χ3n) is 3.68. The lowest BCUT2D eigenvalue weighted by Crippen LogP contribution is -2.26. The Kier molecular flexibility index (Phi) is 4.56. The number of carbonyl (C=O) groups excluding carboxylic acids is 1. The summed E-state index contributed by atoms with van der Waals surface area (Å²) >= 11 is 0. The number of aromatic hydroxyl groups is 1. The molecule has 122 valence electrons. The molecule has 1 amide bonds. The van der Waals surface area contributed by atoms with E-state index >= 15 is 0 Å². The molecule has 0 unspecified atom stereocenters. The van der Waals surface area contributed by atoms with Crippen LogP contribution in [0.3, 0.4) is 0 Å². The summed E-state index contributed by atoms with van der Waals surface area (Å²) < 4.78 is 1.63. The average Bonchev–Trinajstić information content (AvgIpc) is 3.04. The summed E-state index contributed by atoms with van der Waals surface area (Å²) in [7, 11) is 0. The summed E-state index contributed by atoms with van der Waals surface area (Å²) in [6.45, 7) is 2.41. The average molecular weight is 322 g/mol. The number of hydrogen-bond acceptors (Lipinski definition) is 4. The van der Waals surface area contributed by atoms with Gasteiger partial charge < -0.3 is 10.4 Å². The number of benzene rings is 2. The molecule has 2 N–H and O–H groups in total. The van der Waals surface area contributed by atoms with Crippen molar-refractivity contribution in [2.75, 3.05) is 0 Å². The second-order valence-corrected chi connectivity index (χ2v) is 5.58. The normalized spacial score (nSPS) is 11.9. The van der Waals surface area contributed by atoms with Gasteiger partial charge in [-0.15, -0.1) is 5.10 Å². The van der Waals surface area contributed by atoms with Crippen molar-refractivity contribution in [2.45, 2.75) is 19.5 Å². The van der Waals surface area contributed by atoms with E-state index in [0.29, 0.717) is 6.54 Å². The van der Waals surface area contributed by atoms with Crippen molar-refractivity contribution in [1.29, 1.82) is 0 Å². The first kappa shape index (κ1) is 15.7. The quantitative estimate of drug-likeness (QED) is 0.756. The van der Waals surface area contributed by atoms with Gasteiger partial charge in [-0.25, -0.2) is 4.68 Å². The lowest BCUT2D eigenvalue weighted by Gasteiger charge is -2.13. The number of carbonyl (C=O) groups is 1. The zero-order chi connectivity index (χ0) is 16.9. The smallest absolute Gasteiger partial charge is 0.273 e. The van der Waals surface area contributed by atoms with Gasteiger partial charge in [0.1, 0.15) is 5.75 Å². The van der Waals surface area contributed by atoms with Crippen molar-refractivity contribution in [1.82, 2.24) is 20.3 Å². The minimum Gasteiger partial charge on any atom is -0.508 e. The van der Waals surface area contributed by atoms with Gasteiger partial charge in [-0.1, -0.05) is 47.7 Å². The molecule has 6 heteroatoms. The first-order chi connectivity index (χ1) is 11.6. The number of phenols is 1. The number of nitrogens with one attached hydrogen (secondary N) is 1. The lowest BCUT2D eigenvalue weighted by molar-refractivity contribution is 0.0934. The van der Waals surface area contributed by atoms with Crippen LogP contribution in [0, 0.1) is 0 Å². The van der Waals surface area contributed by atoms with Crippen LogP contribution >= 0.6 is 0 Å². The molecule has 1 heterocycles. The van der Waals surface area contributed by atoms with E-state index in [1.54, 1.807) is 29.1 Å². The van der Waals surface area contributed by atoms with E-state index in [0.717, 1.165) is 11.1 Å². The van der Waals surface area contributed by atoms with E-state index in [1.807, 2.05) is 43.3 Å². The fraction of sp³-hybridized carbons (Fsp3) is 0.167. The van der Waals surface area contributed by atoms with E-state index in [1.165, 1.54) is 0 Å². The zero-order valence-electron chi connectivity index (χ0n) is 13.3. The van der Waals surface area contributed by atoms with E-state index < -0.39 is 0 Å². The molecule has 1 atom stereocenters. The molecule has 0 aliphatic carbocycles. The fourth-order valence-electron chi connectivity index (χ4n) is 2.40. The molecule has 0 saturated carbocycles. The molecule has 24 heavy (non-hydrogen) atoms. The van der Waals surface area contributed by atoms with Gasteiger partial charge in [-0.3, -0.25) is 4.79 Å². The molecule has 0 aliphatic rings. The molecule has 6 nitrogen and oxygen atoms in total. The molecule has 0 fully saturated rings. The van der Waals surface area contributed by atoms with Gasteiger partial charge in [0.25, 0.3) is 5.91 Å². The van der Waals surface area contributed by atoms with Gasteiger partial charge in [-0.05, 0) is 30.2 Å². The Balaban J connectivity index is 1.65. The number of hydrogen-bond donors (Lipinski definition) is 2. The molecular formula is C18H18N4O2. The highest BCUT2D eigenvalue weighted by Gasteiger charge is 2.15. The lowest BCUT2D eigenvalue weighted by atomic mass is 10.1. The van der Waals surface area contributed by atoms with Crippen molar-refractivity contribution >= 4 is 5.91 Å². The second kappa shape index (κ2) is 6.95. The van der Waals surface area contributed by atoms with Crippen LogP contribution in [-0.2, 0) is 6.54 Å². The van der Waals surface area contributed by atoms with E-state index in [-0.39, 0.29) is 23.4 Å². The largest absolute Gasteiger partial charge is 0.508 e. The Hall–Kier alpha value is -3.15. The van der Waals surface area contributed by atoms with Gasteiger partial charge in [-0.2, -0.15) is 0 Å². The van der Waals surface area contributed by atoms with Gasteiger partial charge in [0.2, 0.25) is 0 Å². The minimum atomic E-state index is -0.301. The third kappa shape index (κ3) is 3.78. The highest BCUT2D eigenvalue weighted by molar-refractivity contribution is 5.92. The topological polar surface area (TPSA) is 80.0 Å². The molecule has 0 radical (unpaired) electrons. The van der Waals surface area contributed by atoms with Gasteiger partial charge in [0.05, 0.1) is 18.8 Å². The summed E-state index contributed by atoms with van der Waals surface area (Å²) in [6, 6.07) is 16.4. The number of aromatic nitrogens is 3. The Bertz CT molecular complexity index is 830. The Morgan fingerprint density at radius 1 is 1.21 bits per heavy atom. The van der Waals surface area contributed by atoms with Crippen LogP contribution < -0.4 is 5.32 Å². The molecule has 0 aliphatic heterocycles. The molecule has 1 aromatic heterocycles. The summed E-state index contributed by atoms with van der Waals surface area (Å²) in [5.41, 5.74) is 2.17. The van der Waals surface area contributed by atoms with Gasteiger partial charge >= 0.3 is 0 Å². The van der Waals surface area contributed by atoms with E-state index in [2.05, 4.69) is 15.6 Å². The predicted octanol–water partition coefficient (Wildman–Crippen LogP) is 2.52. The van der Waals surface area contributed by atoms with Crippen LogP contribution in [-0.4, -0.2) is 26.0 Å². The van der Waals surface area contributed by atoms with E-state index in [4.69, 9.17) is 0 Å². The maximum Gasteiger partial charge on any atom is 0.273 e. The molecule has 3 aromatic rings. The van der Waals surface area contributed by atoms with Gasteiger partial charge in [0, 0.05) is 0 Å². The molecular weight excluding hydrogens is 304 g/mol. The Morgan fingerprint density at radius 2 is 2.00 bits per heavy atom. The number of nitrogens with zero attached hydrogens (tertiary/aromatic N) is 3. The summed E-state index contributed by atoms with van der Waals surface area (Å²) in [5, 5.41) is 20.3. The highest BCUT2D eigenvalue weighted by atomic mass is 16.3. The van der Waals surface area contributed by atoms with Crippen LogP contribution in [0.2, 0.25) is 0 Å². The number of rotatable bonds is 5. The molecule has 2 aromatic carbocycles. The van der Waals surface area contributed by atoms with Gasteiger partial charge in [0.15, 0.2) is 5.69 Å². The van der Waals surface area contributed by atoms with E-state index in [9.17, 15) is 9.90 Å². The molecule has 3 rings (SSSR count). The van der Waals surface area contributed by atoms with Crippen molar-refractivity contribution in [2.24, 2.45) is 0 Å². The highest BCUT2D eigenvalue weighted by Crippen LogP contribution is 2.18. The van der Waals surface area contributed by atoms with Crippen molar-refractivity contribution in [3.05, 3.63) is 77.6 Å². The Labute approximate surface area is 139 Å². The number of phenolic OH excluding ortho intramolecular Hbond substituents is 1. The maximum absolute atomic E-state index is 12.3. The van der Waals surface area contributed by atoms with Crippen LogP contribution in [0.15, 0.2) is 60.8 Å². The first-order valence-corrected chi connectivity index (χ1v) is 7.65. The SMILES string of the molecule is C[C@@H](NC(=O)c1cn(Cc2ccccc2)nn1)c1cccc(O)c1. The first-order valence-electron chi connectivity index (χ1n) is 7.65. The van der Waals surface area contributed by atoms with Crippen LogP contribution in [0.5, 0.6) is 5.75 Å². The molecule has 0 bridgehead atoms.